The second-order valence-electron chi connectivity index (χ2n) is 3.70. The van der Waals surface area contributed by atoms with Gasteiger partial charge in [0, 0.05) is 5.92 Å². The standard InChI is InChI=1S/C11H15O3P/c1-2-10-8-13-15(12,14-9-10)11-6-4-3-5-7-11/h3-7,10H,2,8-9H2,1H3. The summed E-state index contributed by atoms with van der Waals surface area (Å²) in [6.07, 6.45) is 0.995. The first-order valence-corrected chi connectivity index (χ1v) is 6.73. The molecule has 0 radical (unpaired) electrons. The third-order valence-electron chi connectivity index (χ3n) is 2.61. The lowest BCUT2D eigenvalue weighted by Gasteiger charge is -2.28. The molecule has 82 valence electrons. The summed E-state index contributed by atoms with van der Waals surface area (Å²) in [6, 6.07) is 9.13. The van der Waals surface area contributed by atoms with Gasteiger partial charge < -0.3 is 9.05 Å². The zero-order valence-corrected chi connectivity index (χ0v) is 9.65. The van der Waals surface area contributed by atoms with Crippen LogP contribution in [0.2, 0.25) is 0 Å². The Morgan fingerprint density at radius 3 is 2.40 bits per heavy atom. The maximum absolute atomic E-state index is 12.3. The Hall–Kier alpha value is -0.630. The Bertz CT molecular complexity index is 351. The zero-order chi connectivity index (χ0) is 10.7. The summed E-state index contributed by atoms with van der Waals surface area (Å²) < 4.78 is 23.0. The Morgan fingerprint density at radius 2 is 1.87 bits per heavy atom. The molecule has 0 spiro atoms. The fourth-order valence-corrected chi connectivity index (χ4v) is 3.21. The number of rotatable bonds is 2. The van der Waals surface area contributed by atoms with Gasteiger partial charge in [0.2, 0.25) is 0 Å². The maximum atomic E-state index is 12.3. The van der Waals surface area contributed by atoms with E-state index in [1.807, 2.05) is 18.2 Å². The van der Waals surface area contributed by atoms with Crippen LogP contribution >= 0.6 is 7.60 Å². The molecule has 0 N–H and O–H groups in total. The Balaban J connectivity index is 2.14. The van der Waals surface area contributed by atoms with Crippen molar-refractivity contribution in [1.29, 1.82) is 0 Å². The summed E-state index contributed by atoms with van der Waals surface area (Å²) in [5.41, 5.74) is 0. The normalized spacial score (nSPS) is 31.4. The predicted molar refractivity (Wildman–Crippen MR) is 59.4 cm³/mol. The molecule has 0 aromatic heterocycles. The summed E-state index contributed by atoms with van der Waals surface area (Å²) in [4.78, 5) is 0. The van der Waals surface area contributed by atoms with Gasteiger partial charge in [-0.3, -0.25) is 4.57 Å². The maximum Gasteiger partial charge on any atom is 0.361 e. The number of benzene rings is 1. The quantitative estimate of drug-likeness (QED) is 0.727. The van der Waals surface area contributed by atoms with Crippen LogP contribution in [0.5, 0.6) is 0 Å². The van der Waals surface area contributed by atoms with Crippen LogP contribution in [0.15, 0.2) is 30.3 Å². The molecule has 1 fully saturated rings. The van der Waals surface area contributed by atoms with Gasteiger partial charge >= 0.3 is 7.60 Å². The van der Waals surface area contributed by atoms with Crippen molar-refractivity contribution in [3.8, 4) is 0 Å². The molecular weight excluding hydrogens is 211 g/mol. The van der Waals surface area contributed by atoms with Crippen LogP contribution in [0.4, 0.5) is 0 Å². The molecule has 0 unspecified atom stereocenters. The van der Waals surface area contributed by atoms with Crippen molar-refractivity contribution in [3.63, 3.8) is 0 Å². The highest BCUT2D eigenvalue weighted by Crippen LogP contribution is 2.50. The largest absolute Gasteiger partial charge is 0.361 e. The third kappa shape index (κ3) is 2.31. The van der Waals surface area contributed by atoms with E-state index in [1.54, 1.807) is 12.1 Å². The first-order chi connectivity index (χ1) is 7.24. The SMILES string of the molecule is CCC1COP(=O)(c2ccccc2)OC1. The average Bonchev–Trinajstić information content (AvgIpc) is 2.31. The molecule has 0 bridgehead atoms. The van der Waals surface area contributed by atoms with E-state index in [9.17, 15) is 4.57 Å². The molecule has 15 heavy (non-hydrogen) atoms. The van der Waals surface area contributed by atoms with Gasteiger partial charge in [0.25, 0.3) is 0 Å². The van der Waals surface area contributed by atoms with Crippen LogP contribution in [0, 0.1) is 5.92 Å². The van der Waals surface area contributed by atoms with Crippen molar-refractivity contribution >= 4 is 12.9 Å². The van der Waals surface area contributed by atoms with E-state index in [4.69, 9.17) is 9.05 Å². The van der Waals surface area contributed by atoms with Crippen molar-refractivity contribution < 1.29 is 13.6 Å². The van der Waals surface area contributed by atoms with Crippen molar-refractivity contribution in [2.24, 2.45) is 5.92 Å². The minimum Gasteiger partial charge on any atom is -0.305 e. The molecule has 0 aliphatic carbocycles. The fourth-order valence-electron chi connectivity index (χ4n) is 1.49. The molecule has 0 atom stereocenters. The van der Waals surface area contributed by atoms with Crippen molar-refractivity contribution in [2.45, 2.75) is 13.3 Å². The molecule has 1 heterocycles. The van der Waals surface area contributed by atoms with E-state index in [0.717, 1.165) is 6.42 Å². The second kappa shape index (κ2) is 4.48. The molecule has 1 aromatic rings. The highest BCUT2D eigenvalue weighted by atomic mass is 31.2. The van der Waals surface area contributed by atoms with Crippen LogP contribution in [0.3, 0.4) is 0 Å². The van der Waals surface area contributed by atoms with E-state index in [2.05, 4.69) is 6.92 Å². The first-order valence-electron chi connectivity index (χ1n) is 5.19. The summed E-state index contributed by atoms with van der Waals surface area (Å²) in [5, 5.41) is 0.652. The van der Waals surface area contributed by atoms with E-state index in [1.165, 1.54) is 0 Å². The van der Waals surface area contributed by atoms with Crippen LogP contribution in [-0.2, 0) is 13.6 Å². The number of hydrogen-bond acceptors (Lipinski definition) is 3. The van der Waals surface area contributed by atoms with Gasteiger partial charge in [-0.1, -0.05) is 25.1 Å². The minimum atomic E-state index is -3.02. The Labute approximate surface area is 89.9 Å². The van der Waals surface area contributed by atoms with E-state index in [0.29, 0.717) is 24.4 Å². The molecular formula is C11H15O3P. The molecule has 1 saturated heterocycles. The summed E-state index contributed by atoms with van der Waals surface area (Å²) in [6.45, 7) is 3.14. The summed E-state index contributed by atoms with van der Waals surface area (Å²) >= 11 is 0. The van der Waals surface area contributed by atoms with Gasteiger partial charge in [0.05, 0.1) is 18.5 Å². The highest BCUT2D eigenvalue weighted by molar-refractivity contribution is 7.62. The topological polar surface area (TPSA) is 35.5 Å². The highest BCUT2D eigenvalue weighted by Gasteiger charge is 2.33. The van der Waals surface area contributed by atoms with Crippen molar-refractivity contribution in [1.82, 2.24) is 0 Å². The predicted octanol–water partition coefficient (Wildman–Crippen LogP) is 2.58. The van der Waals surface area contributed by atoms with Gasteiger partial charge in [-0.2, -0.15) is 0 Å². The summed E-state index contributed by atoms with van der Waals surface area (Å²) in [7, 11) is -3.02. The monoisotopic (exact) mass is 226 g/mol. The molecule has 4 heteroatoms. The van der Waals surface area contributed by atoms with Gasteiger partial charge in [0.1, 0.15) is 0 Å². The van der Waals surface area contributed by atoms with Gasteiger partial charge in [0.15, 0.2) is 0 Å². The Kier molecular flexibility index (Phi) is 3.25. The third-order valence-corrected chi connectivity index (χ3v) is 4.52. The van der Waals surface area contributed by atoms with Crippen LogP contribution < -0.4 is 5.30 Å². The molecule has 0 saturated carbocycles. The van der Waals surface area contributed by atoms with Crippen LogP contribution in [0.1, 0.15) is 13.3 Å². The lowest BCUT2D eigenvalue weighted by molar-refractivity contribution is 0.0970. The molecule has 1 aromatic carbocycles. The van der Waals surface area contributed by atoms with Crippen molar-refractivity contribution in [3.05, 3.63) is 30.3 Å². The molecule has 2 rings (SSSR count). The minimum absolute atomic E-state index is 0.371. The van der Waals surface area contributed by atoms with E-state index >= 15 is 0 Å². The molecule has 3 nitrogen and oxygen atoms in total. The van der Waals surface area contributed by atoms with Gasteiger partial charge in [-0.15, -0.1) is 0 Å². The first kappa shape index (κ1) is 10.9. The zero-order valence-electron chi connectivity index (χ0n) is 8.76. The van der Waals surface area contributed by atoms with Crippen LogP contribution in [0.25, 0.3) is 0 Å². The summed E-state index contributed by atoms with van der Waals surface area (Å²) in [5.74, 6) is 0.371. The number of hydrogen-bond donors (Lipinski definition) is 0. The van der Waals surface area contributed by atoms with E-state index in [-0.39, 0.29) is 0 Å². The Morgan fingerprint density at radius 1 is 1.27 bits per heavy atom. The lowest BCUT2D eigenvalue weighted by atomic mass is 10.1. The smallest absolute Gasteiger partial charge is 0.305 e. The lowest BCUT2D eigenvalue weighted by Crippen LogP contribution is -2.24. The van der Waals surface area contributed by atoms with Gasteiger partial charge in [-0.25, -0.2) is 0 Å². The van der Waals surface area contributed by atoms with Gasteiger partial charge in [-0.05, 0) is 18.6 Å². The fraction of sp³-hybridized carbons (Fsp3) is 0.455. The van der Waals surface area contributed by atoms with E-state index < -0.39 is 7.60 Å². The average molecular weight is 226 g/mol. The second-order valence-corrected chi connectivity index (χ2v) is 5.73. The molecule has 1 aliphatic heterocycles. The molecule has 1 aliphatic rings. The van der Waals surface area contributed by atoms with Crippen LogP contribution in [-0.4, -0.2) is 13.2 Å². The molecule has 0 amide bonds. The van der Waals surface area contributed by atoms with Crippen molar-refractivity contribution in [2.75, 3.05) is 13.2 Å².